The highest BCUT2D eigenvalue weighted by atomic mass is 79.9. The quantitative estimate of drug-likeness (QED) is 0.617. The number of rotatable bonds is 5. The van der Waals surface area contributed by atoms with Crippen LogP contribution in [-0.4, -0.2) is 13.0 Å². The van der Waals surface area contributed by atoms with Crippen LogP contribution in [0.3, 0.4) is 0 Å². The molecule has 126 valence electrons. The van der Waals surface area contributed by atoms with Crippen LogP contribution < -0.4 is 14.8 Å². The molecule has 0 aromatic heterocycles. The minimum atomic E-state index is -0.158. The molecule has 25 heavy (non-hydrogen) atoms. The zero-order valence-electron chi connectivity index (χ0n) is 13.5. The van der Waals surface area contributed by atoms with Crippen LogP contribution in [0, 0.1) is 0 Å². The molecule has 3 aromatic rings. The van der Waals surface area contributed by atoms with Gasteiger partial charge in [-0.3, -0.25) is 4.79 Å². The van der Waals surface area contributed by atoms with E-state index in [0.717, 1.165) is 10.2 Å². The number of amides is 1. The van der Waals surface area contributed by atoms with Crippen LogP contribution in [0.25, 0.3) is 0 Å². The molecule has 3 aromatic carbocycles. The maximum Gasteiger partial charge on any atom is 0.255 e. The first-order chi connectivity index (χ1) is 12.1. The van der Waals surface area contributed by atoms with Gasteiger partial charge in [-0.25, -0.2) is 0 Å². The monoisotopic (exact) mass is 397 g/mol. The number of hydrogen-bond acceptors (Lipinski definition) is 3. The summed E-state index contributed by atoms with van der Waals surface area (Å²) in [6.45, 7) is 0. The number of methoxy groups -OCH3 is 1. The Hall–Kier alpha value is -2.79. The van der Waals surface area contributed by atoms with Gasteiger partial charge in [0.1, 0.15) is 17.2 Å². The van der Waals surface area contributed by atoms with E-state index in [-0.39, 0.29) is 5.91 Å². The molecule has 0 atom stereocenters. The van der Waals surface area contributed by atoms with Gasteiger partial charge in [0.15, 0.2) is 0 Å². The first kappa shape index (κ1) is 17.0. The summed E-state index contributed by atoms with van der Waals surface area (Å²) < 4.78 is 11.9. The van der Waals surface area contributed by atoms with Crippen molar-refractivity contribution in [3.63, 3.8) is 0 Å². The Bertz CT molecular complexity index is 861. The molecular weight excluding hydrogens is 382 g/mol. The number of carbonyl (C=O) groups excluding carboxylic acids is 1. The van der Waals surface area contributed by atoms with Crippen LogP contribution >= 0.6 is 15.9 Å². The van der Waals surface area contributed by atoms with Gasteiger partial charge in [0.25, 0.3) is 5.91 Å². The highest BCUT2D eigenvalue weighted by Crippen LogP contribution is 2.26. The maximum absolute atomic E-state index is 12.2. The highest BCUT2D eigenvalue weighted by Gasteiger charge is 2.06. The van der Waals surface area contributed by atoms with E-state index in [9.17, 15) is 4.79 Å². The first-order valence-corrected chi connectivity index (χ1v) is 8.42. The van der Waals surface area contributed by atoms with E-state index < -0.39 is 0 Å². The summed E-state index contributed by atoms with van der Waals surface area (Å²) in [5, 5.41) is 2.86. The summed E-state index contributed by atoms with van der Waals surface area (Å²) in [6, 6.07) is 21.8. The maximum atomic E-state index is 12.2. The predicted octanol–water partition coefficient (Wildman–Crippen LogP) is 5.50. The zero-order chi connectivity index (χ0) is 17.6. The van der Waals surface area contributed by atoms with Crippen LogP contribution in [0.5, 0.6) is 17.2 Å². The van der Waals surface area contributed by atoms with Gasteiger partial charge < -0.3 is 14.8 Å². The van der Waals surface area contributed by atoms with E-state index in [2.05, 4.69) is 21.2 Å². The lowest BCUT2D eigenvalue weighted by atomic mass is 10.2. The molecule has 4 nitrogen and oxygen atoms in total. The number of hydrogen-bond donors (Lipinski definition) is 1. The van der Waals surface area contributed by atoms with E-state index in [4.69, 9.17) is 9.47 Å². The van der Waals surface area contributed by atoms with E-state index >= 15 is 0 Å². The Morgan fingerprint density at radius 3 is 2.24 bits per heavy atom. The lowest BCUT2D eigenvalue weighted by Crippen LogP contribution is -2.11. The third-order valence-corrected chi connectivity index (χ3v) is 4.02. The molecule has 0 aliphatic rings. The standard InChI is InChI=1S/C20H16BrNO3/c1-24-18-3-2-4-19(13-18)25-17-11-9-16(10-12-17)22-20(23)14-5-7-15(21)8-6-14/h2-13H,1H3,(H,22,23). The van der Waals surface area contributed by atoms with Crippen LogP contribution in [0.1, 0.15) is 10.4 Å². The summed E-state index contributed by atoms with van der Waals surface area (Å²) in [5.41, 5.74) is 1.30. The van der Waals surface area contributed by atoms with Crippen molar-refractivity contribution in [2.24, 2.45) is 0 Å². The van der Waals surface area contributed by atoms with Crippen LogP contribution in [0.4, 0.5) is 5.69 Å². The molecule has 3 rings (SSSR count). The second kappa shape index (κ2) is 7.85. The topological polar surface area (TPSA) is 47.6 Å². The molecule has 5 heteroatoms. The molecule has 0 spiro atoms. The van der Waals surface area contributed by atoms with Crippen LogP contribution in [-0.2, 0) is 0 Å². The molecule has 0 bridgehead atoms. The molecule has 0 unspecified atom stereocenters. The van der Waals surface area contributed by atoms with Crippen molar-refractivity contribution in [2.75, 3.05) is 12.4 Å². The van der Waals surface area contributed by atoms with E-state index in [1.807, 2.05) is 36.4 Å². The Kier molecular flexibility index (Phi) is 5.36. The summed E-state index contributed by atoms with van der Waals surface area (Å²) in [4.78, 5) is 12.2. The van der Waals surface area contributed by atoms with Gasteiger partial charge in [0, 0.05) is 21.8 Å². The Labute approximate surface area is 154 Å². The van der Waals surface area contributed by atoms with Crippen molar-refractivity contribution in [2.45, 2.75) is 0 Å². The molecule has 0 saturated heterocycles. The zero-order valence-corrected chi connectivity index (χ0v) is 15.1. The van der Waals surface area contributed by atoms with E-state index in [1.165, 1.54) is 0 Å². The summed E-state index contributed by atoms with van der Waals surface area (Å²) in [5.74, 6) is 1.94. The van der Waals surface area contributed by atoms with Crippen molar-refractivity contribution >= 4 is 27.5 Å². The Balaban J connectivity index is 1.65. The molecule has 0 heterocycles. The Morgan fingerprint density at radius 2 is 1.56 bits per heavy atom. The summed E-state index contributed by atoms with van der Waals surface area (Å²) >= 11 is 3.35. The number of anilines is 1. The highest BCUT2D eigenvalue weighted by molar-refractivity contribution is 9.10. The average Bonchev–Trinajstić information content (AvgIpc) is 2.64. The van der Waals surface area contributed by atoms with Crippen molar-refractivity contribution in [3.05, 3.63) is 82.8 Å². The normalized spacial score (nSPS) is 10.2. The lowest BCUT2D eigenvalue weighted by Gasteiger charge is -2.09. The van der Waals surface area contributed by atoms with Gasteiger partial charge in [0.05, 0.1) is 7.11 Å². The average molecular weight is 398 g/mol. The SMILES string of the molecule is COc1cccc(Oc2ccc(NC(=O)c3ccc(Br)cc3)cc2)c1. The molecular formula is C20H16BrNO3. The van der Waals surface area contributed by atoms with Crippen molar-refractivity contribution in [1.29, 1.82) is 0 Å². The first-order valence-electron chi connectivity index (χ1n) is 7.63. The van der Waals surface area contributed by atoms with Crippen molar-refractivity contribution in [3.8, 4) is 17.2 Å². The molecule has 0 aliphatic heterocycles. The third kappa shape index (κ3) is 4.61. The van der Waals surface area contributed by atoms with Crippen molar-refractivity contribution in [1.82, 2.24) is 0 Å². The fourth-order valence-electron chi connectivity index (χ4n) is 2.21. The molecule has 0 saturated carbocycles. The number of benzene rings is 3. The lowest BCUT2D eigenvalue weighted by molar-refractivity contribution is 0.102. The summed E-state index contributed by atoms with van der Waals surface area (Å²) in [7, 11) is 1.61. The van der Waals surface area contributed by atoms with Gasteiger partial charge in [-0.2, -0.15) is 0 Å². The summed E-state index contributed by atoms with van der Waals surface area (Å²) in [6.07, 6.45) is 0. The fourth-order valence-corrected chi connectivity index (χ4v) is 2.48. The van der Waals surface area contributed by atoms with Gasteiger partial charge in [-0.15, -0.1) is 0 Å². The third-order valence-electron chi connectivity index (χ3n) is 3.50. The largest absolute Gasteiger partial charge is 0.497 e. The van der Waals surface area contributed by atoms with Gasteiger partial charge in [-0.05, 0) is 60.7 Å². The minimum absolute atomic E-state index is 0.158. The van der Waals surface area contributed by atoms with Crippen molar-refractivity contribution < 1.29 is 14.3 Å². The molecule has 1 amide bonds. The number of carbonyl (C=O) groups is 1. The molecule has 0 aliphatic carbocycles. The molecule has 0 fully saturated rings. The van der Waals surface area contributed by atoms with E-state index in [1.54, 1.807) is 43.5 Å². The smallest absolute Gasteiger partial charge is 0.255 e. The molecule has 1 N–H and O–H groups in total. The second-order valence-electron chi connectivity index (χ2n) is 5.27. The number of halogens is 1. The number of ether oxygens (including phenoxy) is 2. The second-order valence-corrected chi connectivity index (χ2v) is 6.18. The Morgan fingerprint density at radius 1 is 0.880 bits per heavy atom. The fraction of sp³-hybridized carbons (Fsp3) is 0.0500. The van der Waals surface area contributed by atoms with Gasteiger partial charge >= 0.3 is 0 Å². The number of nitrogens with one attached hydrogen (secondary N) is 1. The van der Waals surface area contributed by atoms with Crippen LogP contribution in [0.2, 0.25) is 0 Å². The van der Waals surface area contributed by atoms with Gasteiger partial charge in [-0.1, -0.05) is 22.0 Å². The van der Waals surface area contributed by atoms with E-state index in [0.29, 0.717) is 22.7 Å². The van der Waals surface area contributed by atoms with Gasteiger partial charge in [0.2, 0.25) is 0 Å². The predicted molar refractivity (Wildman–Crippen MR) is 102 cm³/mol. The minimum Gasteiger partial charge on any atom is -0.497 e. The molecule has 0 radical (unpaired) electrons. The van der Waals surface area contributed by atoms with Crippen LogP contribution in [0.15, 0.2) is 77.3 Å².